The summed E-state index contributed by atoms with van der Waals surface area (Å²) in [5.41, 5.74) is 1.41. The summed E-state index contributed by atoms with van der Waals surface area (Å²) in [7, 11) is 0.0578. The Bertz CT molecular complexity index is 1740. The highest BCUT2D eigenvalue weighted by Crippen LogP contribution is 2.34. The Hall–Kier alpha value is -4.72. The minimum Gasteiger partial charge on any atom is -0.497 e. The second-order valence-electron chi connectivity index (χ2n) is 13.5. The van der Waals surface area contributed by atoms with Gasteiger partial charge in [-0.3, -0.25) is 19.1 Å². The molecule has 4 atom stereocenters. The van der Waals surface area contributed by atoms with Crippen LogP contribution in [0.1, 0.15) is 59.8 Å². The van der Waals surface area contributed by atoms with E-state index in [0.29, 0.717) is 40.9 Å². The number of fused-ring (bicyclic) bond motifs is 1. The molecule has 1 aliphatic heterocycles. The van der Waals surface area contributed by atoms with Gasteiger partial charge in [-0.2, -0.15) is 0 Å². The van der Waals surface area contributed by atoms with E-state index in [1.54, 1.807) is 33.9 Å². The maximum absolute atomic E-state index is 13.9. The Balaban J connectivity index is 1.40. The zero-order chi connectivity index (χ0) is 36.0. The molecule has 0 bridgehead atoms. The van der Waals surface area contributed by atoms with Crippen molar-refractivity contribution in [3.8, 4) is 22.8 Å². The Morgan fingerprint density at radius 1 is 1.06 bits per heavy atom. The number of benzene rings is 2. The molecule has 14 heteroatoms. The lowest BCUT2D eigenvalue weighted by molar-refractivity contribution is -0.138. The molecule has 2 aromatic carbocycles. The average molecular weight is 708 g/mol. The number of carbonyl (C=O) groups excluding carboxylic acids is 4. The molecule has 2 aliphatic rings. The molecule has 1 aliphatic carbocycles. The van der Waals surface area contributed by atoms with Crippen LogP contribution in [0.4, 0.5) is 4.79 Å². The van der Waals surface area contributed by atoms with E-state index < -0.39 is 65.1 Å². The van der Waals surface area contributed by atoms with Gasteiger partial charge in [0.1, 0.15) is 52.8 Å². The minimum atomic E-state index is -1.52. The Labute approximate surface area is 294 Å². The van der Waals surface area contributed by atoms with Crippen LogP contribution in [0.15, 0.2) is 54.6 Å². The third-order valence-corrected chi connectivity index (χ3v) is 9.73. The molecular formula is C36H45N5O8S. The smallest absolute Gasteiger partial charge is 0.408 e. The van der Waals surface area contributed by atoms with Crippen LogP contribution >= 0.6 is 0 Å². The zero-order valence-electron chi connectivity index (χ0n) is 29.0. The van der Waals surface area contributed by atoms with Gasteiger partial charge in [-0.25, -0.2) is 14.0 Å². The lowest BCUT2D eigenvalue weighted by atomic mass is 10.1. The number of nitrogens with one attached hydrogen (secondary N) is 3. The first kappa shape index (κ1) is 36.6. The summed E-state index contributed by atoms with van der Waals surface area (Å²) in [6.07, 6.45) is 1.17. The van der Waals surface area contributed by atoms with Crippen molar-refractivity contribution in [2.24, 2.45) is 0 Å². The number of alkyl carbamates (subject to hydrolysis) is 1. The number of carbonyl (C=O) groups is 4. The van der Waals surface area contributed by atoms with Gasteiger partial charge in [-0.1, -0.05) is 43.7 Å². The predicted molar refractivity (Wildman–Crippen MR) is 189 cm³/mol. The highest BCUT2D eigenvalue weighted by atomic mass is 32.2. The number of hydrogen-bond donors (Lipinski definition) is 3. The van der Waals surface area contributed by atoms with Gasteiger partial charge in [0.2, 0.25) is 11.8 Å². The Morgan fingerprint density at radius 3 is 2.46 bits per heavy atom. The summed E-state index contributed by atoms with van der Waals surface area (Å²) in [4.78, 5) is 59.1. The Kier molecular flexibility index (Phi) is 11.6. The zero-order valence-corrected chi connectivity index (χ0v) is 29.8. The van der Waals surface area contributed by atoms with Gasteiger partial charge in [0.15, 0.2) is 0 Å². The summed E-state index contributed by atoms with van der Waals surface area (Å²) in [6, 6.07) is 15.0. The fraction of sp³-hybridized carbons (Fsp3) is 0.472. The largest absolute Gasteiger partial charge is 0.497 e. The Morgan fingerprint density at radius 2 is 1.80 bits per heavy atom. The highest BCUT2D eigenvalue weighted by Gasteiger charge is 2.42. The number of pyridine rings is 1. The second-order valence-corrected chi connectivity index (χ2v) is 14.9. The molecule has 2 unspecified atom stereocenters. The molecule has 1 saturated heterocycles. The number of likely N-dealkylation sites (tertiary alicyclic amines) is 1. The van der Waals surface area contributed by atoms with Crippen LogP contribution in [0.5, 0.6) is 11.5 Å². The lowest BCUT2D eigenvalue weighted by Crippen LogP contribution is -2.54. The van der Waals surface area contributed by atoms with E-state index in [4.69, 9.17) is 19.2 Å². The summed E-state index contributed by atoms with van der Waals surface area (Å²) >= 11 is 0. The number of aromatic nitrogens is 1. The first-order valence-corrected chi connectivity index (χ1v) is 18.0. The SMILES string of the molecule is CCCC(NC(=O)[C@@H]1C[C@@H](Oc2cc(-c3ccccc3)nc3cc(OC)ccc23)CN1C(=O)CNC(=O)OC(C)(C)C)C(=O)NS(=O)C1CC1. The number of amides is 4. The molecule has 0 radical (unpaired) electrons. The van der Waals surface area contributed by atoms with Crippen molar-refractivity contribution in [1.29, 1.82) is 0 Å². The first-order valence-electron chi connectivity index (χ1n) is 16.8. The van der Waals surface area contributed by atoms with Gasteiger partial charge in [-0.15, -0.1) is 0 Å². The predicted octanol–water partition coefficient (Wildman–Crippen LogP) is 4.01. The van der Waals surface area contributed by atoms with Crippen molar-refractivity contribution >= 4 is 45.7 Å². The second kappa shape index (κ2) is 15.9. The van der Waals surface area contributed by atoms with Crippen molar-refractivity contribution in [3.05, 3.63) is 54.6 Å². The molecule has 3 aromatic rings. The van der Waals surface area contributed by atoms with Gasteiger partial charge in [-0.05, 0) is 52.2 Å². The van der Waals surface area contributed by atoms with Crippen LogP contribution < -0.4 is 24.8 Å². The van der Waals surface area contributed by atoms with Crippen LogP contribution in [0, 0.1) is 0 Å². The number of methoxy groups -OCH3 is 1. The summed E-state index contributed by atoms with van der Waals surface area (Å²) in [6.45, 7) is 6.62. The quantitative estimate of drug-likeness (QED) is 0.238. The van der Waals surface area contributed by atoms with Gasteiger partial charge in [0.05, 0.1) is 30.1 Å². The van der Waals surface area contributed by atoms with Crippen molar-refractivity contribution in [2.75, 3.05) is 20.2 Å². The standard InChI is InChI=1S/C36H45N5O8S/c1-6-10-27(33(43)40-50(46)25-14-15-25)39-34(44)30-18-24(21-41(30)32(42)20-37-35(45)49-36(2,3)4)48-31-19-28(22-11-8-7-9-12-22)38-29-17-23(47-5)13-16-26(29)31/h7-9,11-13,16-17,19,24-25,27,30H,6,10,14-15,18,20-21H2,1-5H3,(H,37,45)(H,39,44)(H,40,43)/t24-,27?,30+,50?/m1/s1. The first-order chi connectivity index (χ1) is 23.8. The van der Waals surface area contributed by atoms with Crippen LogP contribution in [-0.4, -0.2) is 87.1 Å². The fourth-order valence-corrected chi connectivity index (χ4v) is 6.74. The molecule has 2 fully saturated rings. The third kappa shape index (κ3) is 9.49. The van der Waals surface area contributed by atoms with Gasteiger partial charge >= 0.3 is 6.09 Å². The molecule has 5 rings (SSSR count). The maximum atomic E-state index is 13.9. The molecule has 4 amide bonds. The van der Waals surface area contributed by atoms with Gasteiger partial charge < -0.3 is 29.7 Å². The lowest BCUT2D eigenvalue weighted by Gasteiger charge is -2.26. The minimum absolute atomic E-state index is 0.0316. The number of hydrogen-bond acceptors (Lipinski definition) is 9. The van der Waals surface area contributed by atoms with Crippen molar-refractivity contribution < 1.29 is 37.6 Å². The summed E-state index contributed by atoms with van der Waals surface area (Å²) in [5.74, 6) is -0.482. The van der Waals surface area contributed by atoms with Gasteiger partial charge in [0, 0.05) is 29.5 Å². The van der Waals surface area contributed by atoms with Crippen LogP contribution in [0.25, 0.3) is 22.2 Å². The molecule has 2 heterocycles. The van der Waals surface area contributed by atoms with Crippen LogP contribution in [0.2, 0.25) is 0 Å². The van der Waals surface area contributed by atoms with Crippen LogP contribution in [-0.2, 0) is 30.1 Å². The van der Waals surface area contributed by atoms with Crippen molar-refractivity contribution in [2.45, 2.75) is 88.8 Å². The van der Waals surface area contributed by atoms with E-state index in [2.05, 4.69) is 15.4 Å². The third-order valence-electron chi connectivity index (χ3n) is 8.25. The van der Waals surface area contributed by atoms with E-state index in [-0.39, 0.29) is 18.2 Å². The molecular weight excluding hydrogens is 662 g/mol. The van der Waals surface area contributed by atoms with Gasteiger partial charge in [0.25, 0.3) is 5.91 Å². The van der Waals surface area contributed by atoms with E-state index in [0.717, 1.165) is 18.4 Å². The fourth-order valence-electron chi connectivity index (χ4n) is 5.67. The normalized spacial score (nSPS) is 18.5. The highest BCUT2D eigenvalue weighted by molar-refractivity contribution is 7.84. The molecule has 50 heavy (non-hydrogen) atoms. The molecule has 13 nitrogen and oxygen atoms in total. The summed E-state index contributed by atoms with van der Waals surface area (Å²) in [5, 5.41) is 5.91. The molecule has 1 aromatic heterocycles. The number of nitrogens with zero attached hydrogens (tertiary/aromatic N) is 2. The average Bonchev–Trinajstić information content (AvgIpc) is 3.86. The molecule has 268 valence electrons. The molecule has 1 saturated carbocycles. The van der Waals surface area contributed by atoms with E-state index >= 15 is 0 Å². The van der Waals surface area contributed by atoms with Crippen LogP contribution in [0.3, 0.4) is 0 Å². The maximum Gasteiger partial charge on any atom is 0.408 e. The van der Waals surface area contributed by atoms with E-state index in [1.165, 1.54) is 4.90 Å². The van der Waals surface area contributed by atoms with E-state index in [9.17, 15) is 23.4 Å². The number of rotatable bonds is 13. The summed E-state index contributed by atoms with van der Waals surface area (Å²) < 4.78 is 32.2. The molecule has 3 N–H and O–H groups in total. The van der Waals surface area contributed by atoms with E-state index in [1.807, 2.05) is 55.5 Å². The van der Waals surface area contributed by atoms with Crippen molar-refractivity contribution in [3.63, 3.8) is 0 Å². The van der Waals surface area contributed by atoms with Crippen molar-refractivity contribution in [1.82, 2.24) is 25.2 Å². The monoisotopic (exact) mass is 707 g/mol. The number of ether oxygens (including phenoxy) is 3. The molecule has 0 spiro atoms. The topological polar surface area (TPSA) is 165 Å².